The highest BCUT2D eigenvalue weighted by Crippen LogP contribution is 2.31. The lowest BCUT2D eigenvalue weighted by atomic mass is 10.00. The molecule has 9 nitrogen and oxygen atoms in total. The second-order valence-corrected chi connectivity index (χ2v) is 15.1. The van der Waals surface area contributed by atoms with Gasteiger partial charge in [-0.3, -0.25) is 4.79 Å². The van der Waals surface area contributed by atoms with Gasteiger partial charge in [-0.1, -0.05) is 20.8 Å². The molecule has 258 valence electrons. The van der Waals surface area contributed by atoms with E-state index >= 15 is 0 Å². The van der Waals surface area contributed by atoms with Crippen LogP contribution in [0, 0.1) is 31.5 Å². The molecule has 5 rings (SSSR count). The monoisotopic (exact) mass is 666 g/mol. The fourth-order valence-corrected chi connectivity index (χ4v) is 8.37. The normalized spacial score (nSPS) is 21.2. The number of nitrogens with zero attached hydrogens (tertiary/aromatic N) is 7. The molecule has 0 spiro atoms. The zero-order valence-corrected chi connectivity index (χ0v) is 30.1. The summed E-state index contributed by atoms with van der Waals surface area (Å²) in [6, 6.07) is 4.38. The Morgan fingerprint density at radius 1 is 1.04 bits per heavy atom. The van der Waals surface area contributed by atoms with Crippen molar-refractivity contribution in [2.45, 2.75) is 72.4 Å². The van der Waals surface area contributed by atoms with Crippen LogP contribution in [0.15, 0.2) is 24.4 Å². The molecule has 0 bridgehead atoms. The van der Waals surface area contributed by atoms with Gasteiger partial charge in [-0.2, -0.15) is 4.98 Å². The van der Waals surface area contributed by atoms with Crippen LogP contribution < -0.4 is 15.1 Å². The van der Waals surface area contributed by atoms with Gasteiger partial charge in [0.05, 0.1) is 5.69 Å². The van der Waals surface area contributed by atoms with Crippen LogP contribution in [0.5, 0.6) is 0 Å². The average molecular weight is 667 g/mol. The summed E-state index contributed by atoms with van der Waals surface area (Å²) < 4.78 is 19.7. The van der Waals surface area contributed by atoms with Gasteiger partial charge >= 0.3 is 0 Å². The highest BCUT2D eigenvalue weighted by atomic mass is 32.2. The first-order valence-electron chi connectivity index (χ1n) is 17.5. The number of carbonyl (C=O) groups excluding carboxylic acids is 1. The molecule has 3 saturated heterocycles. The van der Waals surface area contributed by atoms with Gasteiger partial charge in [-0.05, 0) is 86.8 Å². The number of aryl methyl sites for hydroxylation is 2. The van der Waals surface area contributed by atoms with Crippen LogP contribution in [0.2, 0.25) is 0 Å². The van der Waals surface area contributed by atoms with Crippen LogP contribution >= 0.6 is 12.1 Å². The number of benzene rings is 1. The summed E-state index contributed by atoms with van der Waals surface area (Å²) in [5.41, 5.74) is 3.81. The van der Waals surface area contributed by atoms with Gasteiger partial charge in [0.2, 0.25) is 5.95 Å². The van der Waals surface area contributed by atoms with Gasteiger partial charge in [-0.25, -0.2) is 18.0 Å². The molecular formula is C36H55FN8OS. The molecule has 3 fully saturated rings. The van der Waals surface area contributed by atoms with Crippen LogP contribution in [0.25, 0.3) is 6.08 Å². The number of aldehydes is 1. The maximum atomic E-state index is 14.7. The number of nitrogens with one attached hydrogen (secondary N) is 1. The predicted octanol–water partition coefficient (Wildman–Crippen LogP) is 5.90. The van der Waals surface area contributed by atoms with Crippen molar-refractivity contribution in [3.63, 3.8) is 0 Å². The molecule has 1 aromatic carbocycles. The number of aromatic nitrogens is 2. The van der Waals surface area contributed by atoms with Crippen molar-refractivity contribution in [3.05, 3.63) is 46.9 Å². The molecule has 0 aliphatic carbocycles. The highest BCUT2D eigenvalue weighted by molar-refractivity contribution is 7.94. The molecule has 2 atom stereocenters. The number of rotatable bonds is 13. The van der Waals surface area contributed by atoms with Crippen molar-refractivity contribution in [1.82, 2.24) is 23.5 Å². The van der Waals surface area contributed by atoms with E-state index < -0.39 is 0 Å². The Labute approximate surface area is 286 Å². The number of piperazine rings is 1. The number of anilines is 3. The second-order valence-electron chi connectivity index (χ2n) is 13.9. The smallest absolute Gasteiger partial charge is 0.224 e. The Morgan fingerprint density at radius 3 is 2.43 bits per heavy atom. The summed E-state index contributed by atoms with van der Waals surface area (Å²) >= 11 is 1.91. The number of carbonyl (C=O) groups is 1. The van der Waals surface area contributed by atoms with Crippen molar-refractivity contribution in [2.24, 2.45) is 11.8 Å². The van der Waals surface area contributed by atoms with Gasteiger partial charge in [0.25, 0.3) is 0 Å². The Morgan fingerprint density at radius 2 is 1.74 bits per heavy atom. The zero-order valence-electron chi connectivity index (χ0n) is 29.3. The summed E-state index contributed by atoms with van der Waals surface area (Å²) in [6.07, 6.45) is 10.1. The first kappa shape index (κ1) is 35.6. The highest BCUT2D eigenvalue weighted by Gasteiger charge is 2.29. The predicted molar refractivity (Wildman–Crippen MR) is 194 cm³/mol. The maximum Gasteiger partial charge on any atom is 0.224 e. The van der Waals surface area contributed by atoms with Crippen molar-refractivity contribution in [1.29, 1.82) is 0 Å². The lowest BCUT2D eigenvalue weighted by Gasteiger charge is -2.39. The molecule has 1 N–H and O–H groups in total. The molecule has 0 saturated carbocycles. The number of hydrogen-bond donors (Lipinski definition) is 1. The quantitative estimate of drug-likeness (QED) is 0.159. The lowest BCUT2D eigenvalue weighted by Crippen LogP contribution is -2.47. The second kappa shape index (κ2) is 16.6. The standard InChI is InChI=1S/C36H55FN8OS/c1-7-33(26(2)3)41(6)35-30(9-8-20-46)23-38-36(40-35)39-31-11-14-44(15-12-31)47-45-18-16-42(17-19-45)24-29-10-13-43(25-29)34-22-28(5)27(4)21-32(34)37/h8-9,20-23,26,29,31,33H,7,10-19,24-25H2,1-6H3,(H,38,39,40)/b9-8-/t29?,33-/m1/s1. The van der Waals surface area contributed by atoms with E-state index in [2.05, 4.69) is 68.4 Å². The van der Waals surface area contributed by atoms with E-state index in [1.54, 1.807) is 12.1 Å². The third-order valence-corrected chi connectivity index (χ3v) is 11.4. The average Bonchev–Trinajstić information content (AvgIpc) is 3.52. The number of allylic oxidation sites excluding steroid dienone is 1. The van der Waals surface area contributed by atoms with E-state index in [0.717, 1.165) is 119 Å². The van der Waals surface area contributed by atoms with Crippen molar-refractivity contribution < 1.29 is 9.18 Å². The molecule has 2 aromatic rings. The molecule has 4 heterocycles. The zero-order chi connectivity index (χ0) is 33.5. The molecule has 0 radical (unpaired) electrons. The molecule has 1 aromatic heterocycles. The largest absolute Gasteiger partial charge is 0.369 e. The van der Waals surface area contributed by atoms with Crippen LogP contribution in [0.1, 0.15) is 63.1 Å². The van der Waals surface area contributed by atoms with Crippen LogP contribution in [0.3, 0.4) is 0 Å². The summed E-state index contributed by atoms with van der Waals surface area (Å²) in [5.74, 6) is 2.49. The molecule has 0 amide bonds. The fraction of sp³-hybridized carbons (Fsp3) is 0.639. The van der Waals surface area contributed by atoms with Crippen molar-refractivity contribution in [2.75, 3.05) is 81.1 Å². The topological polar surface area (TPSA) is 71.1 Å². The minimum Gasteiger partial charge on any atom is -0.369 e. The summed E-state index contributed by atoms with van der Waals surface area (Å²) in [7, 11) is 2.09. The minimum absolute atomic E-state index is 0.0876. The Bertz CT molecular complexity index is 1360. The van der Waals surface area contributed by atoms with E-state index in [0.29, 0.717) is 29.9 Å². The Balaban J connectivity index is 1.05. The molecule has 3 aliphatic heterocycles. The third kappa shape index (κ3) is 9.25. The number of halogens is 1. The van der Waals surface area contributed by atoms with E-state index in [1.807, 2.05) is 31.3 Å². The van der Waals surface area contributed by atoms with Crippen molar-refractivity contribution >= 4 is 41.9 Å². The summed E-state index contributed by atoms with van der Waals surface area (Å²) in [5, 5.41) is 3.61. The van der Waals surface area contributed by atoms with Crippen LogP contribution in [-0.4, -0.2) is 108 Å². The van der Waals surface area contributed by atoms with Gasteiger partial charge in [0.1, 0.15) is 17.9 Å². The van der Waals surface area contributed by atoms with Gasteiger partial charge in [-0.15, -0.1) is 0 Å². The van der Waals surface area contributed by atoms with Crippen LogP contribution in [0.4, 0.5) is 21.8 Å². The van der Waals surface area contributed by atoms with E-state index in [4.69, 9.17) is 4.98 Å². The lowest BCUT2D eigenvalue weighted by molar-refractivity contribution is -0.104. The van der Waals surface area contributed by atoms with Crippen LogP contribution in [-0.2, 0) is 4.79 Å². The fourth-order valence-electron chi connectivity index (χ4n) is 7.34. The SMILES string of the molecule is CC[C@H](C(C)C)N(C)c1nc(NC2CCN(SN3CCN(CC4CCN(c5cc(C)c(C)cc5F)C4)CC3)CC2)ncc1/C=C\C=O. The molecule has 3 aliphatic rings. The minimum atomic E-state index is -0.0876. The number of hydrogen-bond acceptors (Lipinski definition) is 10. The maximum absolute atomic E-state index is 14.7. The molecular weight excluding hydrogens is 612 g/mol. The first-order valence-corrected chi connectivity index (χ1v) is 18.3. The molecule has 47 heavy (non-hydrogen) atoms. The molecule has 11 heteroatoms. The van der Waals surface area contributed by atoms with Gasteiger partial charge in [0.15, 0.2) is 0 Å². The van der Waals surface area contributed by atoms with Gasteiger partial charge in [0, 0.05) is 102 Å². The van der Waals surface area contributed by atoms with E-state index in [9.17, 15) is 9.18 Å². The van der Waals surface area contributed by atoms with Gasteiger partial charge < -0.3 is 20.0 Å². The Kier molecular flexibility index (Phi) is 12.6. The first-order chi connectivity index (χ1) is 22.6. The van der Waals surface area contributed by atoms with E-state index in [1.165, 1.54) is 6.08 Å². The third-order valence-electron chi connectivity index (χ3n) is 10.2. The molecule has 1 unspecified atom stereocenters. The van der Waals surface area contributed by atoms with E-state index in [-0.39, 0.29) is 5.82 Å². The Hall–Kier alpha value is -2.73. The van der Waals surface area contributed by atoms with Crippen molar-refractivity contribution in [3.8, 4) is 0 Å². The summed E-state index contributed by atoms with van der Waals surface area (Å²) in [6.45, 7) is 20.0. The number of piperidine rings is 1. The summed E-state index contributed by atoms with van der Waals surface area (Å²) in [4.78, 5) is 27.7.